The van der Waals surface area contributed by atoms with Crippen LogP contribution in [-0.4, -0.2) is 72.6 Å². The Morgan fingerprint density at radius 1 is 0.741 bits per heavy atom. The summed E-state index contributed by atoms with van der Waals surface area (Å²) in [5.74, 6) is 0. The fraction of sp³-hybridized carbons (Fsp3) is 0.929. The maximum atomic E-state index is 11.4. The summed E-state index contributed by atoms with van der Waals surface area (Å²) < 4.78 is 31.5. The average molecular weight is 422 g/mol. The second-order valence-corrected chi connectivity index (χ2v) is 4.05. The summed E-state index contributed by atoms with van der Waals surface area (Å²) in [6, 6.07) is 0. The molecule has 0 bridgehead atoms. The Balaban J connectivity index is -0.000000108. The van der Waals surface area contributed by atoms with E-state index >= 15 is 0 Å². The Labute approximate surface area is 202 Å². The Hall–Kier alpha value is -0.0436. The fourth-order valence-electron chi connectivity index (χ4n) is 1.14. The SMILES string of the molecule is CCCOCCOCCN=[N+]=[N-].[18F-].[CH3-].[K+].[N-]=[N+]=NCCOCCOCC[18F]. The van der Waals surface area contributed by atoms with E-state index in [1.165, 1.54) is 0 Å². The van der Waals surface area contributed by atoms with E-state index in [1.807, 2.05) is 0 Å². The molecule has 0 amide bonds. The summed E-state index contributed by atoms with van der Waals surface area (Å²) in [6.07, 6.45) is 1.03. The molecule has 0 aliphatic rings. The van der Waals surface area contributed by atoms with Crippen molar-refractivity contribution >= 4 is 0 Å². The molecule has 0 spiro atoms. The monoisotopic (exact) mass is 421 g/mol. The zero-order chi connectivity index (χ0) is 18.1. The molecule has 0 rings (SSSR count). The summed E-state index contributed by atoms with van der Waals surface area (Å²) in [5.41, 5.74) is 15.8. The van der Waals surface area contributed by atoms with E-state index in [0.29, 0.717) is 52.7 Å². The molecule has 0 aromatic carbocycles. The van der Waals surface area contributed by atoms with Crippen LogP contribution in [-0.2, 0) is 18.9 Å². The van der Waals surface area contributed by atoms with Crippen LogP contribution >= 0.6 is 0 Å². The Bertz CT molecular complexity index is 318. The van der Waals surface area contributed by atoms with Gasteiger partial charge in [-0.05, 0) is 17.5 Å². The number of hydrogen-bond acceptors (Lipinski definition) is 6. The number of alkyl halides is 1. The molecule has 13 heteroatoms. The van der Waals surface area contributed by atoms with Gasteiger partial charge in [-0.1, -0.05) is 17.2 Å². The molecule has 0 N–H and O–H groups in total. The van der Waals surface area contributed by atoms with Gasteiger partial charge < -0.3 is 31.1 Å². The molecule has 0 fully saturated rings. The van der Waals surface area contributed by atoms with Crippen molar-refractivity contribution in [3.8, 4) is 0 Å². The fourth-order valence-corrected chi connectivity index (χ4v) is 1.14. The summed E-state index contributed by atoms with van der Waals surface area (Å²) in [5, 5.41) is 6.58. The van der Waals surface area contributed by atoms with Gasteiger partial charge in [0.15, 0.2) is 0 Å². The molecule has 0 aromatic heterocycles. The van der Waals surface area contributed by atoms with Crippen molar-refractivity contribution in [2.75, 3.05) is 72.6 Å². The second kappa shape index (κ2) is 40.6. The molecule has 27 heavy (non-hydrogen) atoms. The molecule has 0 saturated heterocycles. The van der Waals surface area contributed by atoms with Crippen LogP contribution in [0.4, 0.5) is 4.39 Å². The molecule has 0 atom stereocenters. The standard InChI is InChI=1S/C7H15N3O2.C6H12FN3O2.CH3.FH.K/c1-2-4-11-6-7-12-5-3-9-10-8;7-1-3-11-5-6-12-4-2-9-10-8;;;/h2-7H2,1H3;1-6H2;1H3;1H;/q;;-1;;+1/p-1/i;7-1;;1-1;. The first kappa shape index (κ1) is 37.7. The summed E-state index contributed by atoms with van der Waals surface area (Å²) in [4.78, 5) is 5.14. The quantitative estimate of drug-likeness (QED) is 0.0680. The normalized spacial score (nSPS) is 8.37. The van der Waals surface area contributed by atoms with Crippen molar-refractivity contribution in [2.24, 2.45) is 10.2 Å². The number of rotatable bonds is 16. The molecular weight excluding hydrogens is 391 g/mol. The van der Waals surface area contributed by atoms with E-state index < -0.39 is 6.67 Å². The summed E-state index contributed by atoms with van der Waals surface area (Å²) in [6.45, 7) is 6.00. The Morgan fingerprint density at radius 3 is 1.44 bits per heavy atom. The van der Waals surface area contributed by atoms with Gasteiger partial charge in [-0.15, -0.1) is 0 Å². The van der Waals surface area contributed by atoms with Gasteiger partial charge in [0.25, 0.3) is 0 Å². The summed E-state index contributed by atoms with van der Waals surface area (Å²) in [7, 11) is 0. The van der Waals surface area contributed by atoms with Crippen LogP contribution < -0.4 is 56.1 Å². The van der Waals surface area contributed by atoms with Gasteiger partial charge in [0.2, 0.25) is 0 Å². The minimum atomic E-state index is -0.473. The maximum Gasteiger partial charge on any atom is 1.00 e. The average Bonchev–Trinajstić information content (AvgIpc) is 2.60. The first-order valence-corrected chi connectivity index (χ1v) is 7.72. The van der Waals surface area contributed by atoms with Gasteiger partial charge in [-0.3, -0.25) is 0 Å². The van der Waals surface area contributed by atoms with E-state index in [1.54, 1.807) is 0 Å². The van der Waals surface area contributed by atoms with E-state index in [0.717, 1.165) is 13.0 Å². The predicted molar refractivity (Wildman–Crippen MR) is 94.0 cm³/mol. The molecule has 0 aromatic rings. The molecule has 0 aliphatic carbocycles. The van der Waals surface area contributed by atoms with Gasteiger partial charge in [0.05, 0.1) is 46.2 Å². The molecule has 0 aliphatic heterocycles. The van der Waals surface area contributed by atoms with E-state index in [4.69, 9.17) is 30.0 Å². The van der Waals surface area contributed by atoms with E-state index in [9.17, 15) is 4.39 Å². The number of halogens is 2. The van der Waals surface area contributed by atoms with E-state index in [2.05, 4.69) is 27.0 Å². The Morgan fingerprint density at radius 2 is 1.11 bits per heavy atom. The molecule has 0 saturated carbocycles. The van der Waals surface area contributed by atoms with Crippen LogP contribution in [0.15, 0.2) is 10.2 Å². The van der Waals surface area contributed by atoms with Gasteiger partial charge in [-0.25, -0.2) is 4.39 Å². The smallest absolute Gasteiger partial charge is 1.00 e. The van der Waals surface area contributed by atoms with Crippen LogP contribution in [0, 0.1) is 7.43 Å². The molecule has 156 valence electrons. The van der Waals surface area contributed by atoms with Gasteiger partial charge >= 0.3 is 51.4 Å². The van der Waals surface area contributed by atoms with Crippen molar-refractivity contribution in [1.82, 2.24) is 0 Å². The van der Waals surface area contributed by atoms with Crippen LogP contribution in [0.5, 0.6) is 0 Å². The molecule has 0 radical (unpaired) electrons. The van der Waals surface area contributed by atoms with E-state index in [-0.39, 0.29) is 70.1 Å². The zero-order valence-electron chi connectivity index (χ0n) is 16.6. The minimum Gasteiger partial charge on any atom is -1.00 e. The first-order chi connectivity index (χ1) is 11.8. The van der Waals surface area contributed by atoms with Crippen molar-refractivity contribution in [3.05, 3.63) is 28.3 Å². The molecule has 0 unspecified atom stereocenters. The molecular formula is C14H30F2KN6O4-. The zero-order valence-corrected chi connectivity index (χ0v) is 19.7. The van der Waals surface area contributed by atoms with Crippen molar-refractivity contribution in [2.45, 2.75) is 13.3 Å². The van der Waals surface area contributed by atoms with Crippen LogP contribution in [0.25, 0.3) is 20.9 Å². The van der Waals surface area contributed by atoms with Gasteiger partial charge in [0.1, 0.15) is 6.67 Å². The molecule has 10 nitrogen and oxygen atoms in total. The predicted octanol–water partition coefficient (Wildman–Crippen LogP) is -2.50. The molecule has 0 heterocycles. The summed E-state index contributed by atoms with van der Waals surface area (Å²) >= 11 is 0. The number of ether oxygens (including phenoxy) is 4. The van der Waals surface area contributed by atoms with Crippen molar-refractivity contribution in [1.29, 1.82) is 0 Å². The topological polar surface area (TPSA) is 134 Å². The van der Waals surface area contributed by atoms with Gasteiger partial charge in [-0.2, -0.15) is 0 Å². The van der Waals surface area contributed by atoms with Crippen molar-refractivity contribution < 1.29 is 79.4 Å². The number of hydrogen-bond donors (Lipinski definition) is 0. The van der Waals surface area contributed by atoms with Crippen molar-refractivity contribution in [3.63, 3.8) is 0 Å². The first-order valence-electron chi connectivity index (χ1n) is 7.72. The minimum absolute atomic E-state index is 0. The van der Waals surface area contributed by atoms with Crippen LogP contribution in [0.1, 0.15) is 13.3 Å². The third-order valence-corrected chi connectivity index (χ3v) is 2.11. The number of nitrogens with zero attached hydrogens (tertiary/aromatic N) is 6. The van der Waals surface area contributed by atoms with Gasteiger partial charge in [0, 0.05) is 29.5 Å². The largest absolute Gasteiger partial charge is 1.00 e. The number of azide groups is 2. The Kier molecular flexibility index (Phi) is 56.6. The third kappa shape index (κ3) is 46.2. The van der Waals surface area contributed by atoms with Crippen LogP contribution in [0.2, 0.25) is 0 Å². The second-order valence-electron chi connectivity index (χ2n) is 4.05. The maximum absolute atomic E-state index is 11.4. The third-order valence-electron chi connectivity index (χ3n) is 2.11. The van der Waals surface area contributed by atoms with Crippen LogP contribution in [0.3, 0.4) is 0 Å².